The summed E-state index contributed by atoms with van der Waals surface area (Å²) in [5, 5.41) is 0. The van der Waals surface area contributed by atoms with E-state index in [1.165, 1.54) is 6.66 Å². The third-order valence-electron chi connectivity index (χ3n) is 1.06. The fourth-order valence-electron chi connectivity index (χ4n) is 0.704. The zero-order valence-electron chi connectivity index (χ0n) is 4.63. The first-order valence-corrected chi connectivity index (χ1v) is 4.71. The number of alkyl halides is 1. The van der Waals surface area contributed by atoms with Crippen LogP contribution in [0.25, 0.3) is 0 Å². The van der Waals surface area contributed by atoms with Crippen LogP contribution in [0.5, 0.6) is 0 Å². The van der Waals surface area contributed by atoms with Crippen LogP contribution in [0.3, 0.4) is 0 Å². The van der Waals surface area contributed by atoms with E-state index < -0.39 is 13.5 Å². The van der Waals surface area contributed by atoms with Crippen molar-refractivity contribution in [1.82, 2.24) is 0 Å². The van der Waals surface area contributed by atoms with Gasteiger partial charge in [-0.3, -0.25) is 4.57 Å². The zero-order chi connectivity index (χ0) is 6.20. The van der Waals surface area contributed by atoms with Crippen molar-refractivity contribution in [2.45, 2.75) is 6.17 Å². The molecule has 0 bridgehead atoms. The van der Waals surface area contributed by atoms with Crippen LogP contribution in [0, 0.1) is 0 Å². The lowest BCUT2D eigenvalue weighted by Crippen LogP contribution is -1.99. The summed E-state index contributed by atoms with van der Waals surface area (Å²) in [6.45, 7) is 1.49. The van der Waals surface area contributed by atoms with Gasteiger partial charge in [0.25, 0.3) is 0 Å². The normalized spacial score (nSPS) is 47.5. The molecule has 1 heterocycles. The van der Waals surface area contributed by atoms with E-state index in [2.05, 4.69) is 4.52 Å². The van der Waals surface area contributed by atoms with Crippen LogP contribution in [-0.2, 0) is 9.09 Å². The minimum atomic E-state index is -2.47. The Balaban J connectivity index is 2.57. The minimum absolute atomic E-state index is 0.0216. The van der Waals surface area contributed by atoms with Gasteiger partial charge in [0.1, 0.15) is 6.17 Å². The second-order valence-electron chi connectivity index (χ2n) is 2.09. The summed E-state index contributed by atoms with van der Waals surface area (Å²) in [6, 6.07) is 0. The molecule has 0 aromatic heterocycles. The van der Waals surface area contributed by atoms with Gasteiger partial charge in [-0.25, -0.2) is 4.39 Å². The Morgan fingerprint density at radius 3 is 2.62 bits per heavy atom. The molecule has 1 aliphatic rings. The largest absolute Gasteiger partial charge is 0.325 e. The fraction of sp³-hybridized carbons (Fsp3) is 1.00. The molecule has 0 aromatic rings. The highest BCUT2D eigenvalue weighted by atomic mass is 31.2. The molecule has 1 rings (SSSR count). The predicted octanol–water partition coefficient (Wildman–Crippen LogP) is 1.26. The van der Waals surface area contributed by atoms with Gasteiger partial charge < -0.3 is 4.52 Å². The third-order valence-corrected chi connectivity index (χ3v) is 2.81. The Kier molecular flexibility index (Phi) is 1.42. The molecule has 1 saturated heterocycles. The molecule has 2 atom stereocenters. The van der Waals surface area contributed by atoms with Crippen LogP contribution in [-0.4, -0.2) is 25.6 Å². The Hall–Kier alpha value is 0.120. The number of hydrogen-bond donors (Lipinski definition) is 0. The lowest BCUT2D eigenvalue weighted by Gasteiger charge is -1.97. The highest BCUT2D eigenvalue weighted by Gasteiger charge is 2.30. The molecular weight excluding hydrogens is 130 g/mol. The molecule has 0 aliphatic carbocycles. The molecule has 0 amide bonds. The van der Waals surface area contributed by atoms with Gasteiger partial charge >= 0.3 is 0 Å². The average Bonchev–Trinajstić information content (AvgIpc) is 1.82. The first-order chi connectivity index (χ1) is 3.60. The second kappa shape index (κ2) is 1.82. The number of rotatable bonds is 0. The van der Waals surface area contributed by atoms with Gasteiger partial charge in [-0.05, 0) is 0 Å². The molecule has 1 aliphatic heterocycles. The van der Waals surface area contributed by atoms with Crippen molar-refractivity contribution < 1.29 is 13.5 Å². The molecule has 0 radical (unpaired) electrons. The Labute approximate surface area is 47.5 Å². The monoisotopic (exact) mass is 138 g/mol. The first-order valence-electron chi connectivity index (χ1n) is 2.45. The van der Waals surface area contributed by atoms with E-state index in [1.54, 1.807) is 0 Å². The van der Waals surface area contributed by atoms with Crippen molar-refractivity contribution in [1.29, 1.82) is 0 Å². The summed E-state index contributed by atoms with van der Waals surface area (Å²) in [4.78, 5) is 0. The van der Waals surface area contributed by atoms with Crippen molar-refractivity contribution in [3.63, 3.8) is 0 Å². The molecule has 0 saturated carbocycles. The maximum absolute atomic E-state index is 12.1. The molecular formula is C4H8FO2P. The third kappa shape index (κ3) is 1.30. The van der Waals surface area contributed by atoms with Crippen molar-refractivity contribution >= 4 is 7.37 Å². The van der Waals surface area contributed by atoms with E-state index in [9.17, 15) is 8.96 Å². The van der Waals surface area contributed by atoms with Crippen LogP contribution in [0.4, 0.5) is 4.39 Å². The molecule has 48 valence electrons. The summed E-state index contributed by atoms with van der Waals surface area (Å²) in [5.41, 5.74) is 0. The Bertz CT molecular complexity index is 136. The van der Waals surface area contributed by atoms with Crippen molar-refractivity contribution in [3.05, 3.63) is 0 Å². The summed E-state index contributed by atoms with van der Waals surface area (Å²) < 4.78 is 27.5. The van der Waals surface area contributed by atoms with E-state index >= 15 is 0 Å². The maximum atomic E-state index is 12.1. The Morgan fingerprint density at radius 2 is 2.50 bits per heavy atom. The highest BCUT2D eigenvalue weighted by molar-refractivity contribution is 7.58. The van der Waals surface area contributed by atoms with Crippen LogP contribution in [0.1, 0.15) is 0 Å². The summed E-state index contributed by atoms with van der Waals surface area (Å²) in [5.74, 6) is 0. The van der Waals surface area contributed by atoms with E-state index in [4.69, 9.17) is 0 Å². The molecule has 1 fully saturated rings. The Morgan fingerprint density at radius 1 is 1.88 bits per heavy atom. The van der Waals surface area contributed by atoms with Crippen LogP contribution in [0.2, 0.25) is 0 Å². The molecule has 8 heavy (non-hydrogen) atoms. The quantitative estimate of drug-likeness (QED) is 0.471. The predicted molar refractivity (Wildman–Crippen MR) is 29.2 cm³/mol. The first kappa shape index (κ1) is 6.24. The van der Waals surface area contributed by atoms with Gasteiger partial charge in [0.05, 0.1) is 12.8 Å². The van der Waals surface area contributed by atoms with Gasteiger partial charge in [-0.15, -0.1) is 0 Å². The van der Waals surface area contributed by atoms with Gasteiger partial charge in [-0.1, -0.05) is 0 Å². The van der Waals surface area contributed by atoms with E-state index in [0.29, 0.717) is 0 Å². The van der Waals surface area contributed by atoms with Gasteiger partial charge in [0.2, 0.25) is 7.37 Å². The van der Waals surface area contributed by atoms with Gasteiger partial charge in [0, 0.05) is 6.66 Å². The summed E-state index contributed by atoms with van der Waals surface area (Å²) in [7, 11) is -2.47. The SMILES string of the molecule is CP1(=O)CC(F)CO1. The van der Waals surface area contributed by atoms with Crippen LogP contribution >= 0.6 is 7.37 Å². The lowest BCUT2D eigenvalue weighted by molar-refractivity contribution is 0.257. The molecule has 2 unspecified atom stereocenters. The second-order valence-corrected chi connectivity index (χ2v) is 4.74. The summed E-state index contributed by atoms with van der Waals surface area (Å²) in [6.07, 6.45) is -0.890. The van der Waals surface area contributed by atoms with Crippen LogP contribution in [0.15, 0.2) is 0 Å². The number of hydrogen-bond acceptors (Lipinski definition) is 2. The zero-order valence-corrected chi connectivity index (χ0v) is 5.53. The standard InChI is InChI=1S/C4H8FO2P/c1-8(6)3-4(5)2-7-8/h4H,2-3H2,1H3. The van der Waals surface area contributed by atoms with Gasteiger partial charge in [-0.2, -0.15) is 0 Å². The topological polar surface area (TPSA) is 26.3 Å². The highest BCUT2D eigenvalue weighted by Crippen LogP contribution is 2.48. The average molecular weight is 138 g/mol. The van der Waals surface area contributed by atoms with Gasteiger partial charge in [0.15, 0.2) is 0 Å². The van der Waals surface area contributed by atoms with Crippen molar-refractivity contribution in [3.8, 4) is 0 Å². The van der Waals surface area contributed by atoms with Crippen LogP contribution < -0.4 is 0 Å². The number of halogens is 1. The molecule has 0 N–H and O–H groups in total. The van der Waals surface area contributed by atoms with E-state index in [-0.39, 0.29) is 12.8 Å². The molecule has 0 aromatic carbocycles. The summed E-state index contributed by atoms with van der Waals surface area (Å²) >= 11 is 0. The fourth-order valence-corrected chi connectivity index (χ4v) is 2.11. The van der Waals surface area contributed by atoms with Crippen molar-refractivity contribution in [2.24, 2.45) is 0 Å². The molecule has 0 spiro atoms. The van der Waals surface area contributed by atoms with E-state index in [0.717, 1.165) is 0 Å². The minimum Gasteiger partial charge on any atom is -0.325 e. The van der Waals surface area contributed by atoms with Crippen molar-refractivity contribution in [2.75, 3.05) is 19.4 Å². The molecule has 2 nitrogen and oxygen atoms in total. The van der Waals surface area contributed by atoms with E-state index in [1.807, 2.05) is 0 Å². The lowest BCUT2D eigenvalue weighted by atomic mass is 10.5. The maximum Gasteiger partial charge on any atom is 0.203 e. The smallest absolute Gasteiger partial charge is 0.203 e. The molecule has 4 heteroatoms.